The molecule has 0 aliphatic heterocycles. The van der Waals surface area contributed by atoms with Crippen LogP contribution in [-0.4, -0.2) is 15.0 Å². The number of nitrogens with one attached hydrogen (secondary N) is 1. The second kappa shape index (κ2) is 16.9. The molecule has 0 aromatic heterocycles. The maximum absolute atomic E-state index is 7.41. The summed E-state index contributed by atoms with van der Waals surface area (Å²) in [5, 5.41) is 13.2. The fourth-order valence-corrected chi connectivity index (χ4v) is 3.87. The van der Waals surface area contributed by atoms with E-state index in [1.54, 1.807) is 18.7 Å². The van der Waals surface area contributed by atoms with Crippen molar-refractivity contribution in [2.75, 3.05) is 4.93 Å². The normalized spacial score (nSPS) is 9.48. The number of rotatable bonds is 3. The lowest BCUT2D eigenvalue weighted by atomic mass is 10.1. The van der Waals surface area contributed by atoms with Gasteiger partial charge in [0.2, 0.25) is 0 Å². The summed E-state index contributed by atoms with van der Waals surface area (Å²) in [6.07, 6.45) is 0. The van der Waals surface area contributed by atoms with Gasteiger partial charge in [-0.25, -0.2) is 0 Å². The Morgan fingerprint density at radius 1 is 0.818 bits per heavy atom. The van der Waals surface area contributed by atoms with Gasteiger partial charge in [-0.15, -0.1) is 23.4 Å². The molecule has 0 saturated heterocycles. The molecule has 0 unspecified atom stereocenters. The van der Waals surface area contributed by atoms with Crippen molar-refractivity contribution in [1.29, 1.82) is 5.41 Å². The molecule has 4 aromatic carbocycles. The lowest BCUT2D eigenvalue weighted by molar-refractivity contribution is 1.45. The summed E-state index contributed by atoms with van der Waals surface area (Å²) >= 11 is 13.9. The molecule has 2 nitrogen and oxygen atoms in total. The summed E-state index contributed by atoms with van der Waals surface area (Å²) in [5.41, 5.74) is 7.36. The van der Waals surface area contributed by atoms with Crippen LogP contribution in [0.5, 0.6) is 0 Å². The largest absolute Gasteiger partial charge is 0.394 e. The second-order valence-corrected chi connectivity index (χ2v) is 8.97. The zero-order chi connectivity index (χ0) is 24.6. The zero-order valence-electron chi connectivity index (χ0n) is 19.1. The lowest BCUT2D eigenvalue weighted by Gasteiger charge is -2.05. The highest BCUT2D eigenvalue weighted by molar-refractivity contribution is 14.1. The molecule has 33 heavy (non-hydrogen) atoms. The molecular formula is C27H30ClIN2S2. The van der Waals surface area contributed by atoms with E-state index in [0.29, 0.717) is 15.9 Å². The van der Waals surface area contributed by atoms with Crippen LogP contribution in [0.3, 0.4) is 0 Å². The quantitative estimate of drug-likeness (QED) is 0.0802. The fraction of sp³-hybridized carbons (Fsp3) is 0.185. The van der Waals surface area contributed by atoms with Crippen molar-refractivity contribution >= 4 is 89.7 Å². The van der Waals surface area contributed by atoms with Gasteiger partial charge in [-0.05, 0) is 51.4 Å². The topological polar surface area (TPSA) is 49.9 Å². The predicted molar refractivity (Wildman–Crippen MR) is 165 cm³/mol. The van der Waals surface area contributed by atoms with Crippen LogP contribution in [0.1, 0.15) is 25.0 Å². The van der Waals surface area contributed by atoms with Gasteiger partial charge >= 0.3 is 0 Å². The molecule has 0 heterocycles. The molecule has 0 spiro atoms. The minimum absolute atomic E-state index is 0.500. The summed E-state index contributed by atoms with van der Waals surface area (Å²) in [5.74, 6) is 1.47. The van der Waals surface area contributed by atoms with E-state index in [-0.39, 0.29) is 0 Å². The smallest absolute Gasteiger partial charge is 0.0695 e. The molecule has 174 valence electrons. The first-order chi connectivity index (χ1) is 15.9. The van der Waals surface area contributed by atoms with E-state index in [1.165, 1.54) is 32.7 Å². The van der Waals surface area contributed by atoms with Crippen LogP contribution in [-0.2, 0) is 11.6 Å². The average molecular weight is 609 g/mol. The van der Waals surface area contributed by atoms with Crippen LogP contribution in [0.15, 0.2) is 84.9 Å². The van der Waals surface area contributed by atoms with Crippen LogP contribution in [0.2, 0.25) is 0 Å². The summed E-state index contributed by atoms with van der Waals surface area (Å²) in [7, 11) is 0. The van der Waals surface area contributed by atoms with Crippen molar-refractivity contribution in [2.45, 2.75) is 25.5 Å². The zero-order valence-corrected chi connectivity index (χ0v) is 23.7. The van der Waals surface area contributed by atoms with Gasteiger partial charge in [0.05, 0.1) is 10.0 Å². The van der Waals surface area contributed by atoms with E-state index in [1.807, 2.05) is 30.1 Å². The number of hydrogen-bond acceptors (Lipinski definition) is 3. The Morgan fingerprint density at radius 3 is 1.67 bits per heavy atom. The monoisotopic (exact) mass is 608 g/mol. The summed E-state index contributed by atoms with van der Waals surface area (Å²) in [6.45, 7) is 3.51. The Kier molecular flexibility index (Phi) is 15.0. The maximum atomic E-state index is 7.41. The van der Waals surface area contributed by atoms with E-state index in [9.17, 15) is 0 Å². The molecule has 3 N–H and O–H groups in total. The first-order valence-corrected chi connectivity index (χ1v) is 14.3. The number of nitrogens with two attached hydrogens (primary N) is 1. The first kappa shape index (κ1) is 29.4. The Labute approximate surface area is 225 Å². The first-order valence-electron chi connectivity index (χ1n) is 10.2. The standard InChI is InChI=1S/C13H13NS.C11H9Cl.C2H5NS.CH3I/c1-10(14)15-9-12-7-4-6-11-5-2-3-8-13(11)12;12-8-10-6-3-5-9-4-1-2-7-11(9)10;1-2(3)4;1-2/h2-8,14H,9H2,1H3;1-7H,8H2;1H3,(H2,3,4);1H3. The van der Waals surface area contributed by atoms with E-state index in [0.717, 1.165) is 5.75 Å². The molecule has 0 bridgehead atoms. The number of benzene rings is 4. The highest BCUT2D eigenvalue weighted by atomic mass is 127. The van der Waals surface area contributed by atoms with E-state index in [4.69, 9.17) is 22.7 Å². The highest BCUT2D eigenvalue weighted by Crippen LogP contribution is 2.23. The van der Waals surface area contributed by atoms with Crippen LogP contribution < -0.4 is 5.73 Å². The maximum Gasteiger partial charge on any atom is 0.0695 e. The van der Waals surface area contributed by atoms with Gasteiger partial charge in [0, 0.05) is 11.6 Å². The minimum Gasteiger partial charge on any atom is -0.394 e. The second-order valence-electron chi connectivity index (χ2n) is 6.87. The summed E-state index contributed by atoms with van der Waals surface area (Å²) < 4.78 is 0. The van der Waals surface area contributed by atoms with Crippen molar-refractivity contribution in [3.05, 3.63) is 96.1 Å². The Hall–Kier alpha value is -1.67. The number of alkyl halides is 2. The number of halogens is 2. The summed E-state index contributed by atoms with van der Waals surface area (Å²) in [4.78, 5) is 2.47. The lowest BCUT2D eigenvalue weighted by Crippen LogP contribution is -1.98. The van der Waals surface area contributed by atoms with Gasteiger partial charge in [-0.3, -0.25) is 5.41 Å². The molecule has 4 rings (SSSR count). The van der Waals surface area contributed by atoms with Crippen molar-refractivity contribution in [3.63, 3.8) is 0 Å². The molecular weight excluding hydrogens is 579 g/mol. The van der Waals surface area contributed by atoms with Crippen molar-refractivity contribution in [1.82, 2.24) is 0 Å². The summed E-state index contributed by atoms with van der Waals surface area (Å²) in [6, 6.07) is 29.2. The molecule has 0 radical (unpaired) electrons. The Balaban J connectivity index is 0.000000271. The third kappa shape index (κ3) is 10.9. The fourth-order valence-electron chi connectivity index (χ4n) is 3.01. The molecule has 6 heteroatoms. The molecule has 0 saturated carbocycles. The highest BCUT2D eigenvalue weighted by Gasteiger charge is 2.00. The Morgan fingerprint density at radius 2 is 1.21 bits per heavy atom. The van der Waals surface area contributed by atoms with Gasteiger partial charge in [0.25, 0.3) is 0 Å². The van der Waals surface area contributed by atoms with Gasteiger partial charge in [0.15, 0.2) is 0 Å². The molecule has 0 amide bonds. The Bertz CT molecular complexity index is 1150. The third-order valence-corrected chi connectivity index (χ3v) is 5.52. The van der Waals surface area contributed by atoms with Crippen molar-refractivity contribution < 1.29 is 0 Å². The predicted octanol–water partition coefficient (Wildman–Crippen LogP) is 8.99. The number of hydrogen-bond donors (Lipinski definition) is 2. The molecule has 0 fully saturated rings. The number of thiocarbonyl (C=S) groups is 1. The van der Waals surface area contributed by atoms with E-state index >= 15 is 0 Å². The van der Waals surface area contributed by atoms with Crippen LogP contribution >= 0.6 is 58.2 Å². The average Bonchev–Trinajstić information content (AvgIpc) is 2.83. The van der Waals surface area contributed by atoms with Crippen molar-refractivity contribution in [3.8, 4) is 0 Å². The molecule has 0 atom stereocenters. The van der Waals surface area contributed by atoms with Gasteiger partial charge in [-0.2, -0.15) is 0 Å². The van der Waals surface area contributed by atoms with Crippen LogP contribution in [0.25, 0.3) is 21.5 Å². The number of fused-ring (bicyclic) bond motifs is 2. The van der Waals surface area contributed by atoms with Crippen LogP contribution in [0.4, 0.5) is 0 Å². The van der Waals surface area contributed by atoms with Gasteiger partial charge in [-0.1, -0.05) is 120 Å². The number of thioether (sulfide) groups is 1. The van der Waals surface area contributed by atoms with Gasteiger partial charge < -0.3 is 5.73 Å². The van der Waals surface area contributed by atoms with E-state index < -0.39 is 0 Å². The molecule has 0 aliphatic carbocycles. The SMILES string of the molecule is CC(=N)SCc1cccc2ccccc12.CC(N)=S.CI.ClCc1cccc2ccccc12. The minimum atomic E-state index is 0.500. The third-order valence-electron chi connectivity index (χ3n) is 4.35. The molecule has 0 aliphatic rings. The van der Waals surface area contributed by atoms with E-state index in [2.05, 4.69) is 102 Å². The van der Waals surface area contributed by atoms with Crippen LogP contribution in [0, 0.1) is 5.41 Å². The van der Waals surface area contributed by atoms with Crippen molar-refractivity contribution in [2.24, 2.45) is 5.73 Å². The molecule has 4 aromatic rings. The van der Waals surface area contributed by atoms with Gasteiger partial charge in [0.1, 0.15) is 0 Å².